The molecule has 0 aliphatic rings. The average Bonchev–Trinajstić information content (AvgIpc) is 0. The summed E-state index contributed by atoms with van der Waals surface area (Å²) in [6.45, 7) is 0. The Morgan fingerprint density at radius 3 is 1.00 bits per heavy atom. The normalized spacial score (nSPS) is 0. The topological polar surface area (TPSA) is 0 Å². The standard InChI is InChI=1S/Co.Ir.Ru.Sb.Sn.Ta.5H. The molecule has 0 bridgehead atoms. The maximum Gasteiger partial charge on any atom is 0 e. The third kappa shape index (κ3) is 24.2. The zero-order chi connectivity index (χ0) is 0. The summed E-state index contributed by atoms with van der Waals surface area (Å²) in [6, 6.07) is 0. The fraction of sp³-hybridized carbons (Fsp3) is 0. The summed E-state index contributed by atoms with van der Waals surface area (Å²) < 4.78 is 0. The van der Waals surface area contributed by atoms with Gasteiger partial charge in [-0.3, -0.25) is 0 Å². The maximum atomic E-state index is 0. The Labute approximate surface area is 124 Å². The molecule has 0 aromatic rings. The zero-order valence-corrected chi connectivity index (χ0v) is 19.3. The van der Waals surface area contributed by atoms with Crippen LogP contribution in [-0.4, -0.2) is 48.3 Å². The number of hydrogen-bond acceptors (Lipinski definition) is 0. The van der Waals surface area contributed by atoms with Gasteiger partial charge < -0.3 is 0 Å². The molecule has 0 heterocycles. The van der Waals surface area contributed by atoms with E-state index in [1.165, 1.54) is 0 Å². The summed E-state index contributed by atoms with van der Waals surface area (Å²) in [5.41, 5.74) is 0. The molecule has 0 saturated heterocycles. The molecule has 0 atom stereocenters. The summed E-state index contributed by atoms with van der Waals surface area (Å²) in [4.78, 5) is 0. The van der Waals surface area contributed by atoms with E-state index in [4.69, 9.17) is 0 Å². The van der Waals surface area contributed by atoms with Gasteiger partial charge in [-0.15, -0.1) is 0 Å². The Hall–Kier alpha value is 4.14. The van der Waals surface area contributed by atoms with Crippen molar-refractivity contribution in [1.82, 2.24) is 0 Å². The zero-order valence-electron chi connectivity index (χ0n) is 2.88. The van der Waals surface area contributed by atoms with Crippen LogP contribution < -0.4 is 0 Å². The molecule has 0 aliphatic carbocycles. The molecule has 6 heteroatoms. The molecular formula is H5CoIrRuSbSnTa. The third-order valence-electron chi connectivity index (χ3n) is 0. The second-order valence-corrected chi connectivity index (χ2v) is 0. The summed E-state index contributed by atoms with van der Waals surface area (Å²) >= 11 is 0. The molecule has 0 N–H and O–H groups in total. The van der Waals surface area contributed by atoms with Gasteiger partial charge in [0.2, 0.25) is 0 Å². The van der Waals surface area contributed by atoms with Crippen LogP contribution in [0.25, 0.3) is 0 Å². The van der Waals surface area contributed by atoms with Gasteiger partial charge in [-0.25, -0.2) is 0 Å². The second-order valence-electron chi connectivity index (χ2n) is 0. The van der Waals surface area contributed by atoms with E-state index in [0.717, 1.165) is 0 Å². The largest absolute Gasteiger partial charge is 0 e. The van der Waals surface area contributed by atoms with Crippen molar-refractivity contribution >= 4 is 48.3 Å². The molecule has 0 unspecified atom stereocenters. The van der Waals surface area contributed by atoms with Gasteiger partial charge in [-0.1, -0.05) is 0 Å². The SMILES string of the molecule is [Co].[Ir].[Ru].[SbH3].[SnH2].[Ta]. The maximum absolute atomic E-state index is 0. The van der Waals surface area contributed by atoms with E-state index in [1.807, 2.05) is 0 Å². The van der Waals surface area contributed by atoms with Crippen LogP contribution in [0.3, 0.4) is 0 Å². The Kier molecular flexibility index (Phi) is 291. The van der Waals surface area contributed by atoms with E-state index in [-0.39, 0.29) is 127 Å². The smallest absolute Gasteiger partial charge is 0 e. The van der Waals surface area contributed by atoms with Crippen molar-refractivity contribution in [2.24, 2.45) is 0 Å². The molecule has 5 radical (unpaired) electrons. The van der Waals surface area contributed by atoms with Crippen molar-refractivity contribution in [2.45, 2.75) is 0 Å². The fourth-order valence-electron chi connectivity index (χ4n) is 0. The van der Waals surface area contributed by atoms with Crippen LogP contribution in [0.2, 0.25) is 0 Å². The molecule has 0 aromatic carbocycles. The van der Waals surface area contributed by atoms with Crippen LogP contribution in [-0.2, 0) is 78.7 Å². The van der Waals surface area contributed by atoms with Gasteiger partial charge in [0.1, 0.15) is 0 Å². The van der Waals surface area contributed by atoms with Crippen LogP contribution in [0.15, 0.2) is 0 Å². The third-order valence-corrected chi connectivity index (χ3v) is 0. The van der Waals surface area contributed by atoms with Crippen LogP contribution in [0, 0.1) is 0 Å². The summed E-state index contributed by atoms with van der Waals surface area (Å²) in [6.07, 6.45) is 0. The molecule has 0 spiro atoms. The van der Waals surface area contributed by atoms with Crippen molar-refractivity contribution in [2.75, 3.05) is 0 Å². The van der Waals surface area contributed by atoms with Crippen LogP contribution >= 0.6 is 0 Å². The summed E-state index contributed by atoms with van der Waals surface area (Å²) in [5, 5.41) is 0. The fourth-order valence-corrected chi connectivity index (χ4v) is 0. The van der Waals surface area contributed by atoms with E-state index in [9.17, 15) is 0 Å². The Morgan fingerprint density at radius 2 is 1.00 bits per heavy atom. The van der Waals surface area contributed by atoms with E-state index >= 15 is 0 Å². The Morgan fingerprint density at radius 1 is 1.00 bits per heavy atom. The van der Waals surface area contributed by atoms with Crippen molar-refractivity contribution in [3.8, 4) is 0 Å². The Bertz CT molecular complexity index is 15.5. The van der Waals surface area contributed by atoms with E-state index in [0.29, 0.717) is 0 Å². The molecule has 0 amide bonds. The average molecular weight is 779 g/mol. The number of rotatable bonds is 0. The van der Waals surface area contributed by atoms with Crippen molar-refractivity contribution < 1.29 is 78.7 Å². The van der Waals surface area contributed by atoms with Gasteiger partial charge >= 0.3 is 48.3 Å². The molecule has 0 rings (SSSR count). The van der Waals surface area contributed by atoms with Gasteiger partial charge in [0, 0.05) is 78.7 Å². The van der Waals surface area contributed by atoms with Gasteiger partial charge in [-0.2, -0.15) is 0 Å². The minimum Gasteiger partial charge on any atom is 0 e. The summed E-state index contributed by atoms with van der Waals surface area (Å²) in [7, 11) is 0. The monoisotopic (exact) mass is 781 g/mol. The first-order valence-corrected chi connectivity index (χ1v) is 0. The molecule has 0 nitrogen and oxygen atoms in total. The molecule has 0 saturated carbocycles. The first-order chi connectivity index (χ1) is 0. The molecular weight excluding hydrogens is 774 g/mol. The predicted octanol–water partition coefficient (Wildman–Crippen LogP) is -2.11. The molecule has 45 valence electrons. The molecule has 6 heavy (non-hydrogen) atoms. The number of hydrogen-bond donors (Lipinski definition) is 0. The van der Waals surface area contributed by atoms with Gasteiger partial charge in [0.05, 0.1) is 0 Å². The van der Waals surface area contributed by atoms with E-state index in [1.54, 1.807) is 0 Å². The second kappa shape index (κ2) is 35.4. The summed E-state index contributed by atoms with van der Waals surface area (Å²) in [5.74, 6) is 0. The van der Waals surface area contributed by atoms with Crippen LogP contribution in [0.4, 0.5) is 0 Å². The predicted molar refractivity (Wildman–Crippen MR) is 18.5 cm³/mol. The minimum atomic E-state index is 0. The van der Waals surface area contributed by atoms with E-state index in [2.05, 4.69) is 0 Å². The quantitative estimate of drug-likeness (QED) is 0.248. The minimum absolute atomic E-state index is 0. The van der Waals surface area contributed by atoms with Crippen molar-refractivity contribution in [3.05, 3.63) is 0 Å². The first kappa shape index (κ1) is 49.5. The van der Waals surface area contributed by atoms with Crippen LogP contribution in [0.5, 0.6) is 0 Å². The van der Waals surface area contributed by atoms with Crippen molar-refractivity contribution in [3.63, 3.8) is 0 Å². The van der Waals surface area contributed by atoms with Gasteiger partial charge in [-0.05, 0) is 0 Å². The van der Waals surface area contributed by atoms with Gasteiger partial charge in [0.25, 0.3) is 0 Å². The van der Waals surface area contributed by atoms with Crippen molar-refractivity contribution in [1.29, 1.82) is 0 Å². The van der Waals surface area contributed by atoms with Crippen LogP contribution in [0.1, 0.15) is 0 Å². The Balaban J connectivity index is 0. The van der Waals surface area contributed by atoms with Gasteiger partial charge in [0.15, 0.2) is 0 Å². The first-order valence-electron chi connectivity index (χ1n) is 0. The van der Waals surface area contributed by atoms with E-state index < -0.39 is 0 Å². The molecule has 0 aromatic heterocycles. The molecule has 0 fully saturated rings. The molecule has 0 aliphatic heterocycles.